The van der Waals surface area contributed by atoms with E-state index in [1.54, 1.807) is 0 Å². The van der Waals surface area contributed by atoms with Crippen molar-refractivity contribution in [2.24, 2.45) is 0 Å². The molecule has 0 unspecified atom stereocenters. The second-order valence-electron chi connectivity index (χ2n) is 1.69. The van der Waals surface area contributed by atoms with Gasteiger partial charge in [-0.05, 0) is 0 Å². The Hall–Kier alpha value is -0.822. The average molecular weight is 364 g/mol. The topological polar surface area (TPSA) is 51.2 Å². The molecule has 0 aliphatic heterocycles. The van der Waals surface area contributed by atoms with E-state index in [0.717, 1.165) is 6.42 Å². The first-order chi connectivity index (χ1) is 6.50. The number of allylic oxidation sites excluding steroid dienone is 4. The maximum Gasteiger partial charge on any atom is 0 e. The van der Waals surface area contributed by atoms with Gasteiger partial charge in [0.05, 0.1) is 0 Å². The van der Waals surface area contributed by atoms with E-state index < -0.39 is 0 Å². The van der Waals surface area contributed by atoms with Crippen molar-refractivity contribution in [3.05, 3.63) is 24.3 Å². The second-order valence-corrected chi connectivity index (χ2v) is 1.69. The molecule has 0 spiro atoms. The van der Waals surface area contributed by atoms with Gasteiger partial charge in [-0.2, -0.15) is 6.08 Å². The standard InChI is InChI=1S/C7H9.3CHO.W/c1-2-4-6-7-5-3-1;3*1-2;/h1-3H,4,6-7H2;3*1H;/q4*-1;. The van der Waals surface area contributed by atoms with Gasteiger partial charge >= 0.3 is 0 Å². The van der Waals surface area contributed by atoms with Gasteiger partial charge < -0.3 is 14.4 Å². The molecule has 14 heavy (non-hydrogen) atoms. The Balaban J connectivity index is -0.0000000625. The van der Waals surface area contributed by atoms with E-state index in [0.29, 0.717) is 0 Å². The van der Waals surface area contributed by atoms with Crippen LogP contribution >= 0.6 is 0 Å². The van der Waals surface area contributed by atoms with Crippen LogP contribution in [0.2, 0.25) is 0 Å². The SMILES string of the molecule is [C-]1=CC=CCCC1.[CH-]=O.[CH-]=O.[CH-]=O.[W]. The first-order valence-corrected chi connectivity index (χ1v) is 3.42. The van der Waals surface area contributed by atoms with E-state index in [2.05, 4.69) is 38.6 Å². The second kappa shape index (κ2) is 39.9. The first-order valence-electron chi connectivity index (χ1n) is 3.42. The molecule has 0 aromatic carbocycles. The minimum atomic E-state index is 0. The van der Waals surface area contributed by atoms with Crippen molar-refractivity contribution in [2.45, 2.75) is 19.3 Å². The first kappa shape index (κ1) is 23.2. The summed E-state index contributed by atoms with van der Waals surface area (Å²) in [4.78, 5) is 23.2. The van der Waals surface area contributed by atoms with E-state index in [1.807, 2.05) is 6.08 Å². The van der Waals surface area contributed by atoms with Crippen molar-refractivity contribution in [2.75, 3.05) is 0 Å². The molecule has 0 fully saturated rings. The van der Waals surface area contributed by atoms with E-state index in [-0.39, 0.29) is 21.1 Å². The Labute approximate surface area is 99.5 Å². The molecule has 0 saturated heterocycles. The summed E-state index contributed by atoms with van der Waals surface area (Å²) in [6.45, 7) is 9.75. The molecule has 0 amide bonds. The molecule has 1 rings (SSSR count). The summed E-state index contributed by atoms with van der Waals surface area (Å²) in [5, 5.41) is 0. The van der Waals surface area contributed by atoms with Crippen molar-refractivity contribution < 1.29 is 35.4 Å². The Bertz CT molecular complexity index is 119. The van der Waals surface area contributed by atoms with Crippen molar-refractivity contribution in [1.82, 2.24) is 0 Å². The molecule has 0 radical (unpaired) electrons. The molecule has 3 nitrogen and oxygen atoms in total. The molecular weight excluding hydrogens is 352 g/mol. The van der Waals surface area contributed by atoms with E-state index in [4.69, 9.17) is 14.4 Å². The van der Waals surface area contributed by atoms with Crippen LogP contribution in [-0.4, -0.2) is 20.4 Å². The monoisotopic (exact) mass is 364 g/mol. The van der Waals surface area contributed by atoms with E-state index in [9.17, 15) is 0 Å². The molecule has 0 N–H and O–H groups in total. The van der Waals surface area contributed by atoms with Gasteiger partial charge in [-0.1, -0.05) is 12.8 Å². The summed E-state index contributed by atoms with van der Waals surface area (Å²) < 4.78 is 0. The zero-order valence-corrected chi connectivity index (χ0v) is 10.7. The summed E-state index contributed by atoms with van der Waals surface area (Å²) >= 11 is 0. The van der Waals surface area contributed by atoms with Crippen LogP contribution in [0.4, 0.5) is 0 Å². The molecule has 80 valence electrons. The molecule has 0 bridgehead atoms. The smallest absolute Gasteiger partial charge is 0 e. The molecule has 0 atom stereocenters. The molecule has 0 aromatic heterocycles. The zero-order chi connectivity index (χ0) is 10.9. The fourth-order valence-electron chi connectivity index (χ4n) is 0.638. The van der Waals surface area contributed by atoms with Crippen LogP contribution in [-0.2, 0) is 35.4 Å². The van der Waals surface area contributed by atoms with Crippen LogP contribution in [0.25, 0.3) is 0 Å². The molecular formula is C10H12O3W-4. The summed E-state index contributed by atoms with van der Waals surface area (Å²) in [6, 6.07) is 0. The Morgan fingerprint density at radius 2 is 1.50 bits per heavy atom. The van der Waals surface area contributed by atoms with Crippen molar-refractivity contribution >= 4 is 20.4 Å². The maximum absolute atomic E-state index is 7.75. The summed E-state index contributed by atoms with van der Waals surface area (Å²) in [7, 11) is 0. The van der Waals surface area contributed by atoms with Gasteiger partial charge in [-0.25, -0.2) is 12.2 Å². The fourth-order valence-corrected chi connectivity index (χ4v) is 0.638. The summed E-state index contributed by atoms with van der Waals surface area (Å²) in [5.41, 5.74) is 0. The Kier molecular flexibility index (Phi) is 66.1. The molecule has 0 heterocycles. The van der Waals surface area contributed by atoms with Crippen LogP contribution in [0.5, 0.6) is 0 Å². The van der Waals surface area contributed by atoms with Gasteiger partial charge in [0.25, 0.3) is 0 Å². The third-order valence-corrected chi connectivity index (χ3v) is 1.04. The van der Waals surface area contributed by atoms with Gasteiger partial charge in [-0.15, -0.1) is 6.42 Å². The predicted octanol–water partition coefficient (Wildman–Crippen LogP) is 1.26. The predicted molar refractivity (Wildman–Crippen MR) is 51.1 cm³/mol. The normalized spacial score (nSPS) is 10.6. The number of hydrogen-bond acceptors (Lipinski definition) is 3. The average Bonchev–Trinajstić information content (AvgIpc) is 2.58. The van der Waals surface area contributed by atoms with Crippen LogP contribution in [0, 0.1) is 6.08 Å². The minimum Gasteiger partial charge on any atom is -0.545 e. The summed E-state index contributed by atoms with van der Waals surface area (Å²) in [6.07, 6.45) is 13.0. The number of rotatable bonds is 0. The quantitative estimate of drug-likeness (QED) is 0.481. The molecule has 1 aliphatic rings. The van der Waals surface area contributed by atoms with Crippen molar-refractivity contribution in [3.63, 3.8) is 0 Å². The van der Waals surface area contributed by atoms with Crippen molar-refractivity contribution in [3.8, 4) is 0 Å². The third-order valence-electron chi connectivity index (χ3n) is 1.04. The number of hydrogen-bond donors (Lipinski definition) is 0. The summed E-state index contributed by atoms with van der Waals surface area (Å²) in [5.74, 6) is 0. The third kappa shape index (κ3) is 30.3. The van der Waals surface area contributed by atoms with Crippen LogP contribution in [0.15, 0.2) is 18.2 Å². The van der Waals surface area contributed by atoms with Crippen molar-refractivity contribution in [1.29, 1.82) is 0 Å². The van der Waals surface area contributed by atoms with Crippen LogP contribution < -0.4 is 0 Å². The van der Waals surface area contributed by atoms with Gasteiger partial charge in [-0.3, -0.25) is 26.4 Å². The minimum absolute atomic E-state index is 0. The molecule has 0 aromatic rings. The number of carbonyl (C=O) groups excluding carboxylic acids is 3. The van der Waals surface area contributed by atoms with Gasteiger partial charge in [0, 0.05) is 21.1 Å². The Morgan fingerprint density at radius 3 is 2.00 bits per heavy atom. The molecule has 1 aliphatic carbocycles. The largest absolute Gasteiger partial charge is 0.545 e. The van der Waals surface area contributed by atoms with Gasteiger partial charge in [0.15, 0.2) is 0 Å². The van der Waals surface area contributed by atoms with Crippen LogP contribution in [0.3, 0.4) is 0 Å². The fraction of sp³-hybridized carbons (Fsp3) is 0.300. The Morgan fingerprint density at radius 1 is 1.00 bits per heavy atom. The van der Waals surface area contributed by atoms with E-state index in [1.165, 1.54) is 12.8 Å². The van der Waals surface area contributed by atoms with Gasteiger partial charge in [0.2, 0.25) is 0 Å². The zero-order valence-electron chi connectivity index (χ0n) is 7.72. The maximum atomic E-state index is 7.75. The molecule has 4 heteroatoms. The van der Waals surface area contributed by atoms with E-state index >= 15 is 0 Å². The van der Waals surface area contributed by atoms with Gasteiger partial charge in [0.1, 0.15) is 0 Å². The van der Waals surface area contributed by atoms with Crippen LogP contribution in [0.1, 0.15) is 19.3 Å². The molecule has 0 saturated carbocycles.